The number of hydrogen-bond acceptors (Lipinski definition) is 4. The van der Waals surface area contributed by atoms with Crippen molar-refractivity contribution in [1.29, 1.82) is 0 Å². The molecule has 0 saturated carbocycles. The molecule has 156 valence electrons. The Morgan fingerprint density at radius 2 is 1.83 bits per heavy atom. The van der Waals surface area contributed by atoms with E-state index in [-0.39, 0.29) is 24.3 Å². The van der Waals surface area contributed by atoms with E-state index in [0.29, 0.717) is 10.6 Å². The molecule has 7 nitrogen and oxygen atoms in total. The number of nitrogens with zero attached hydrogens (tertiary/aromatic N) is 3. The van der Waals surface area contributed by atoms with Crippen molar-refractivity contribution in [3.8, 4) is 5.69 Å². The Balaban J connectivity index is 1.66. The van der Waals surface area contributed by atoms with Crippen LogP contribution in [-0.2, 0) is 11.0 Å². The van der Waals surface area contributed by atoms with Crippen molar-refractivity contribution in [2.45, 2.75) is 12.6 Å². The van der Waals surface area contributed by atoms with Gasteiger partial charge in [-0.1, -0.05) is 11.6 Å². The largest absolute Gasteiger partial charge is 0.416 e. The minimum absolute atomic E-state index is 0.00901. The topological polar surface area (TPSA) is 88.9 Å². The van der Waals surface area contributed by atoms with E-state index in [0.717, 1.165) is 12.1 Å². The zero-order chi connectivity index (χ0) is 21.7. The van der Waals surface area contributed by atoms with Crippen LogP contribution in [0.5, 0.6) is 0 Å². The fourth-order valence-electron chi connectivity index (χ4n) is 2.55. The van der Waals surface area contributed by atoms with Crippen LogP contribution in [0.25, 0.3) is 5.69 Å². The number of anilines is 1. The predicted molar refractivity (Wildman–Crippen MR) is 103 cm³/mol. The Bertz CT molecular complexity index is 1040. The first kappa shape index (κ1) is 21.3. The van der Waals surface area contributed by atoms with Crippen molar-refractivity contribution in [1.82, 2.24) is 20.1 Å². The van der Waals surface area contributed by atoms with Crippen molar-refractivity contribution < 1.29 is 22.8 Å². The van der Waals surface area contributed by atoms with Gasteiger partial charge in [0, 0.05) is 23.6 Å². The number of carbonyl (C=O) groups is 2. The zero-order valence-corrected chi connectivity index (χ0v) is 16.0. The SMILES string of the molecule is O=C(CCNC(=O)c1ccc(Cl)cc1)Nc1cc(C(F)(F)F)ccc1-n1cncn1. The molecular formula is C19H15ClF3N5O2. The maximum atomic E-state index is 13.1. The molecule has 0 aliphatic heterocycles. The van der Waals surface area contributed by atoms with Gasteiger partial charge in [-0.2, -0.15) is 18.3 Å². The van der Waals surface area contributed by atoms with Gasteiger partial charge >= 0.3 is 6.18 Å². The van der Waals surface area contributed by atoms with E-state index in [1.54, 1.807) is 12.1 Å². The smallest absolute Gasteiger partial charge is 0.352 e. The second-order valence-corrected chi connectivity index (χ2v) is 6.57. The molecule has 0 saturated heterocycles. The first-order valence-electron chi connectivity index (χ1n) is 8.64. The van der Waals surface area contributed by atoms with Crippen LogP contribution in [0.2, 0.25) is 5.02 Å². The molecule has 0 bridgehead atoms. The van der Waals surface area contributed by atoms with Crippen LogP contribution in [0, 0.1) is 0 Å². The lowest BCUT2D eigenvalue weighted by Crippen LogP contribution is -2.27. The van der Waals surface area contributed by atoms with Gasteiger partial charge in [0.05, 0.1) is 16.9 Å². The van der Waals surface area contributed by atoms with Gasteiger partial charge in [-0.3, -0.25) is 9.59 Å². The molecule has 2 aromatic carbocycles. The number of amides is 2. The quantitative estimate of drug-likeness (QED) is 0.615. The minimum atomic E-state index is -4.58. The molecule has 0 aliphatic rings. The fourth-order valence-corrected chi connectivity index (χ4v) is 2.68. The van der Waals surface area contributed by atoms with E-state index in [9.17, 15) is 22.8 Å². The standard InChI is InChI=1S/C19H15ClF3N5O2/c20-14-4-1-12(2-5-14)18(30)25-8-7-17(29)27-15-9-13(19(21,22)23)3-6-16(15)28-11-24-10-26-28/h1-6,9-11H,7-8H2,(H,25,30)(H,27,29). The summed E-state index contributed by atoms with van der Waals surface area (Å²) in [5.41, 5.74) is -0.410. The Morgan fingerprint density at radius 1 is 1.10 bits per heavy atom. The summed E-state index contributed by atoms with van der Waals surface area (Å²) < 4.78 is 40.4. The highest BCUT2D eigenvalue weighted by Gasteiger charge is 2.31. The lowest BCUT2D eigenvalue weighted by atomic mass is 10.1. The maximum Gasteiger partial charge on any atom is 0.416 e. The molecule has 0 aliphatic carbocycles. The van der Waals surface area contributed by atoms with Crippen molar-refractivity contribution in [3.63, 3.8) is 0 Å². The molecule has 1 heterocycles. The van der Waals surface area contributed by atoms with Crippen LogP contribution >= 0.6 is 11.6 Å². The van der Waals surface area contributed by atoms with Crippen LogP contribution in [-0.4, -0.2) is 33.1 Å². The van der Waals surface area contributed by atoms with E-state index in [4.69, 9.17) is 11.6 Å². The lowest BCUT2D eigenvalue weighted by Gasteiger charge is -2.14. The first-order chi connectivity index (χ1) is 14.2. The Kier molecular flexibility index (Phi) is 6.36. The molecule has 1 aromatic heterocycles. The lowest BCUT2D eigenvalue weighted by molar-refractivity contribution is -0.137. The third-order valence-corrected chi connectivity index (χ3v) is 4.26. The van der Waals surface area contributed by atoms with Crippen molar-refractivity contribution in [3.05, 3.63) is 71.3 Å². The molecular weight excluding hydrogens is 423 g/mol. The summed E-state index contributed by atoms with van der Waals surface area (Å²) in [6, 6.07) is 9.08. The first-order valence-corrected chi connectivity index (χ1v) is 9.02. The van der Waals surface area contributed by atoms with Crippen molar-refractivity contribution in [2.24, 2.45) is 0 Å². The Morgan fingerprint density at radius 3 is 2.47 bits per heavy atom. The van der Waals surface area contributed by atoms with Gasteiger partial charge in [0.2, 0.25) is 5.91 Å². The summed E-state index contributed by atoms with van der Waals surface area (Å²) in [4.78, 5) is 28.0. The molecule has 0 spiro atoms. The van der Waals surface area contributed by atoms with E-state index < -0.39 is 23.6 Å². The van der Waals surface area contributed by atoms with Gasteiger partial charge < -0.3 is 10.6 Å². The van der Waals surface area contributed by atoms with Gasteiger partial charge in [-0.15, -0.1) is 0 Å². The van der Waals surface area contributed by atoms with E-state index in [1.807, 2.05) is 0 Å². The summed E-state index contributed by atoms with van der Waals surface area (Å²) in [5.74, 6) is -0.978. The van der Waals surface area contributed by atoms with Crippen LogP contribution in [0.4, 0.5) is 18.9 Å². The van der Waals surface area contributed by atoms with Crippen LogP contribution in [0.15, 0.2) is 55.1 Å². The molecule has 0 radical (unpaired) electrons. The van der Waals surface area contributed by atoms with E-state index in [2.05, 4.69) is 20.7 Å². The maximum absolute atomic E-state index is 13.1. The number of alkyl halides is 3. The average Bonchev–Trinajstić information content (AvgIpc) is 3.22. The normalized spacial score (nSPS) is 11.2. The summed E-state index contributed by atoms with van der Waals surface area (Å²) in [5, 5.41) is 9.36. The molecule has 11 heteroatoms. The molecule has 3 aromatic rings. The summed E-state index contributed by atoms with van der Waals surface area (Å²) in [6.45, 7) is -0.00901. The molecule has 3 rings (SSSR count). The molecule has 2 amide bonds. The number of halogens is 4. The highest BCUT2D eigenvalue weighted by molar-refractivity contribution is 6.30. The third kappa shape index (κ3) is 5.35. The van der Waals surface area contributed by atoms with Crippen molar-refractivity contribution in [2.75, 3.05) is 11.9 Å². The molecule has 30 heavy (non-hydrogen) atoms. The van der Waals surface area contributed by atoms with Gasteiger partial charge in [0.25, 0.3) is 5.91 Å². The molecule has 0 atom stereocenters. The van der Waals surface area contributed by atoms with E-state index >= 15 is 0 Å². The number of aromatic nitrogens is 3. The van der Waals surface area contributed by atoms with Gasteiger partial charge in [0.1, 0.15) is 12.7 Å². The highest BCUT2D eigenvalue weighted by Crippen LogP contribution is 2.33. The van der Waals surface area contributed by atoms with Crippen molar-refractivity contribution >= 4 is 29.1 Å². The van der Waals surface area contributed by atoms with Crippen LogP contribution in [0.3, 0.4) is 0 Å². The van der Waals surface area contributed by atoms with Crippen LogP contribution in [0.1, 0.15) is 22.3 Å². The molecule has 0 fully saturated rings. The fraction of sp³-hybridized carbons (Fsp3) is 0.158. The summed E-state index contributed by atoms with van der Waals surface area (Å²) in [7, 11) is 0. The minimum Gasteiger partial charge on any atom is -0.352 e. The number of hydrogen-bond donors (Lipinski definition) is 2. The number of rotatable bonds is 6. The second kappa shape index (κ2) is 8.95. The zero-order valence-electron chi connectivity index (χ0n) is 15.3. The second-order valence-electron chi connectivity index (χ2n) is 6.13. The number of benzene rings is 2. The summed E-state index contributed by atoms with van der Waals surface area (Å²) in [6.07, 6.45) is -2.21. The van der Waals surface area contributed by atoms with Crippen LogP contribution < -0.4 is 10.6 Å². The number of carbonyl (C=O) groups excluding carboxylic acids is 2. The van der Waals surface area contributed by atoms with E-state index in [1.165, 1.54) is 35.5 Å². The Hall–Kier alpha value is -3.40. The van der Waals surface area contributed by atoms with Gasteiger partial charge in [-0.25, -0.2) is 9.67 Å². The summed E-state index contributed by atoms with van der Waals surface area (Å²) >= 11 is 5.76. The average molecular weight is 438 g/mol. The molecule has 0 unspecified atom stereocenters. The monoisotopic (exact) mass is 437 g/mol. The third-order valence-electron chi connectivity index (χ3n) is 4.01. The predicted octanol–water partition coefficient (Wildman–Crippen LogP) is 3.70. The molecule has 2 N–H and O–H groups in total. The van der Waals surface area contributed by atoms with Gasteiger partial charge in [0.15, 0.2) is 0 Å². The number of nitrogens with one attached hydrogen (secondary N) is 2. The highest BCUT2D eigenvalue weighted by atomic mass is 35.5. The van der Waals surface area contributed by atoms with Gasteiger partial charge in [-0.05, 0) is 42.5 Å². The Labute approximate surface area is 173 Å².